The fourth-order valence-electron chi connectivity index (χ4n) is 2.78. The Kier molecular flexibility index (Phi) is 5.87. The van der Waals surface area contributed by atoms with E-state index in [0.29, 0.717) is 19.2 Å². The lowest BCUT2D eigenvalue weighted by atomic mass is 10.1. The number of methoxy groups -OCH3 is 1. The van der Waals surface area contributed by atoms with Gasteiger partial charge in [0.2, 0.25) is 0 Å². The van der Waals surface area contributed by atoms with Crippen molar-refractivity contribution >= 4 is 0 Å². The van der Waals surface area contributed by atoms with Gasteiger partial charge in [-0.25, -0.2) is 4.68 Å². The summed E-state index contributed by atoms with van der Waals surface area (Å²) >= 11 is 0. The maximum Gasteiger partial charge on any atom is 0.168 e. The number of hydrogen-bond acceptors (Lipinski definition) is 6. The molecule has 1 saturated heterocycles. The van der Waals surface area contributed by atoms with Crippen LogP contribution in [0.5, 0.6) is 0 Å². The molecule has 1 aliphatic heterocycles. The Bertz CT molecular complexity index is 388. The van der Waals surface area contributed by atoms with Gasteiger partial charge < -0.3 is 9.64 Å². The van der Waals surface area contributed by atoms with E-state index in [0.717, 1.165) is 45.0 Å². The highest BCUT2D eigenvalue weighted by molar-refractivity contribution is 4.94. The van der Waals surface area contributed by atoms with Gasteiger partial charge in [-0.1, -0.05) is 13.8 Å². The third-order valence-electron chi connectivity index (χ3n) is 4.05. The molecule has 0 saturated carbocycles. The highest BCUT2D eigenvalue weighted by Crippen LogP contribution is 2.23. The molecule has 1 unspecified atom stereocenters. The average Bonchev–Trinajstić information content (AvgIpc) is 2.95. The van der Waals surface area contributed by atoms with Crippen LogP contribution in [-0.2, 0) is 11.3 Å². The number of tetrazole rings is 1. The molecule has 114 valence electrons. The van der Waals surface area contributed by atoms with Crippen LogP contribution < -0.4 is 0 Å². The standard InChI is InChI=1S/C13H26N6O/c1-4-12(18-8-6-17(5-2)7-9-18)13-14-15-16-19(13)10-11-20-3/h12H,4-11H2,1-3H3. The van der Waals surface area contributed by atoms with Crippen molar-refractivity contribution in [3.8, 4) is 0 Å². The van der Waals surface area contributed by atoms with E-state index < -0.39 is 0 Å². The van der Waals surface area contributed by atoms with Crippen LogP contribution in [-0.4, -0.2) is 76.4 Å². The van der Waals surface area contributed by atoms with Crippen molar-refractivity contribution in [1.82, 2.24) is 30.0 Å². The Balaban J connectivity index is 2.03. The van der Waals surface area contributed by atoms with Crippen molar-refractivity contribution in [3.63, 3.8) is 0 Å². The summed E-state index contributed by atoms with van der Waals surface area (Å²) in [6.45, 7) is 11.3. The van der Waals surface area contributed by atoms with Gasteiger partial charge in [0.25, 0.3) is 0 Å². The number of likely N-dealkylation sites (N-methyl/N-ethyl adjacent to an activating group) is 1. The molecule has 0 N–H and O–H groups in total. The van der Waals surface area contributed by atoms with E-state index in [4.69, 9.17) is 4.74 Å². The van der Waals surface area contributed by atoms with Gasteiger partial charge in [-0.3, -0.25) is 4.90 Å². The van der Waals surface area contributed by atoms with Crippen molar-refractivity contribution in [2.45, 2.75) is 32.9 Å². The monoisotopic (exact) mass is 282 g/mol. The van der Waals surface area contributed by atoms with Crippen molar-refractivity contribution in [2.75, 3.05) is 46.4 Å². The normalized spacial score (nSPS) is 19.4. The number of rotatable bonds is 7. The van der Waals surface area contributed by atoms with Gasteiger partial charge in [-0.15, -0.1) is 5.10 Å². The molecule has 0 aromatic carbocycles. The third-order valence-corrected chi connectivity index (χ3v) is 4.05. The number of nitrogens with zero attached hydrogens (tertiary/aromatic N) is 6. The largest absolute Gasteiger partial charge is 0.383 e. The first-order chi connectivity index (χ1) is 9.80. The lowest BCUT2D eigenvalue weighted by Crippen LogP contribution is -2.47. The lowest BCUT2D eigenvalue weighted by molar-refractivity contribution is 0.0899. The van der Waals surface area contributed by atoms with Gasteiger partial charge in [0, 0.05) is 33.3 Å². The average molecular weight is 282 g/mol. The first-order valence-corrected chi connectivity index (χ1v) is 7.51. The molecule has 0 spiro atoms. The molecule has 0 radical (unpaired) electrons. The Morgan fingerprint density at radius 1 is 1.20 bits per heavy atom. The SMILES string of the molecule is CCC(c1nnnn1CCOC)N1CCN(CC)CC1. The second-order valence-electron chi connectivity index (χ2n) is 5.15. The fraction of sp³-hybridized carbons (Fsp3) is 0.923. The van der Waals surface area contributed by atoms with Crippen molar-refractivity contribution < 1.29 is 4.74 Å². The third kappa shape index (κ3) is 3.53. The van der Waals surface area contributed by atoms with Crippen molar-refractivity contribution in [1.29, 1.82) is 0 Å². The Labute approximate surface area is 120 Å². The van der Waals surface area contributed by atoms with E-state index in [1.54, 1.807) is 7.11 Å². The molecule has 2 rings (SSSR count). The maximum absolute atomic E-state index is 5.12. The highest BCUT2D eigenvalue weighted by Gasteiger charge is 2.27. The first-order valence-electron chi connectivity index (χ1n) is 7.51. The molecule has 1 aromatic rings. The fourth-order valence-corrected chi connectivity index (χ4v) is 2.78. The van der Waals surface area contributed by atoms with E-state index in [1.165, 1.54) is 0 Å². The molecule has 0 bridgehead atoms. The van der Waals surface area contributed by atoms with Crippen LogP contribution in [0.25, 0.3) is 0 Å². The van der Waals surface area contributed by atoms with Gasteiger partial charge >= 0.3 is 0 Å². The van der Waals surface area contributed by atoms with Gasteiger partial charge in [0.1, 0.15) is 0 Å². The van der Waals surface area contributed by atoms with Crippen LogP contribution in [0.4, 0.5) is 0 Å². The molecular weight excluding hydrogens is 256 g/mol. The topological polar surface area (TPSA) is 59.3 Å². The molecule has 1 aliphatic rings. The summed E-state index contributed by atoms with van der Waals surface area (Å²) in [6, 6.07) is 0.306. The second kappa shape index (κ2) is 7.66. The van der Waals surface area contributed by atoms with Crippen LogP contribution in [0.15, 0.2) is 0 Å². The summed E-state index contributed by atoms with van der Waals surface area (Å²) < 4.78 is 7.00. The minimum absolute atomic E-state index is 0.306. The number of aromatic nitrogens is 4. The molecule has 7 heteroatoms. The highest BCUT2D eigenvalue weighted by atomic mass is 16.5. The van der Waals surface area contributed by atoms with Gasteiger partial charge in [-0.2, -0.15) is 0 Å². The van der Waals surface area contributed by atoms with Crippen LogP contribution in [0.1, 0.15) is 32.1 Å². The zero-order valence-electron chi connectivity index (χ0n) is 12.8. The molecule has 0 amide bonds. The van der Waals surface area contributed by atoms with E-state index in [2.05, 4.69) is 39.2 Å². The van der Waals surface area contributed by atoms with Crippen LogP contribution in [0.3, 0.4) is 0 Å². The smallest absolute Gasteiger partial charge is 0.168 e. The summed E-state index contributed by atoms with van der Waals surface area (Å²) in [5.41, 5.74) is 0. The van der Waals surface area contributed by atoms with Crippen molar-refractivity contribution in [3.05, 3.63) is 5.82 Å². The van der Waals surface area contributed by atoms with Gasteiger partial charge in [0.05, 0.1) is 19.2 Å². The Morgan fingerprint density at radius 3 is 2.55 bits per heavy atom. The quantitative estimate of drug-likeness (QED) is 0.722. The Hall–Kier alpha value is -1.05. The van der Waals surface area contributed by atoms with Gasteiger partial charge in [-0.05, 0) is 23.4 Å². The van der Waals surface area contributed by atoms with Gasteiger partial charge in [0.15, 0.2) is 5.82 Å². The molecule has 1 aromatic heterocycles. The van der Waals surface area contributed by atoms with E-state index >= 15 is 0 Å². The molecule has 1 fully saturated rings. The summed E-state index contributed by atoms with van der Waals surface area (Å²) in [4.78, 5) is 4.98. The van der Waals surface area contributed by atoms with Crippen LogP contribution >= 0.6 is 0 Å². The van der Waals surface area contributed by atoms with E-state index in [9.17, 15) is 0 Å². The minimum atomic E-state index is 0.306. The molecule has 2 heterocycles. The zero-order valence-corrected chi connectivity index (χ0v) is 12.8. The lowest BCUT2D eigenvalue weighted by Gasteiger charge is -2.38. The number of piperazine rings is 1. The predicted molar refractivity (Wildman–Crippen MR) is 76.4 cm³/mol. The summed E-state index contributed by atoms with van der Waals surface area (Å²) in [6.07, 6.45) is 1.03. The maximum atomic E-state index is 5.12. The van der Waals surface area contributed by atoms with Crippen molar-refractivity contribution in [2.24, 2.45) is 0 Å². The number of ether oxygens (including phenoxy) is 1. The molecule has 1 atom stereocenters. The van der Waals surface area contributed by atoms with E-state index in [1.807, 2.05) is 4.68 Å². The summed E-state index contributed by atoms with van der Waals surface area (Å²) in [5, 5.41) is 12.2. The Morgan fingerprint density at radius 2 is 1.95 bits per heavy atom. The zero-order chi connectivity index (χ0) is 14.4. The molecule has 20 heavy (non-hydrogen) atoms. The van der Waals surface area contributed by atoms with E-state index in [-0.39, 0.29) is 0 Å². The minimum Gasteiger partial charge on any atom is -0.383 e. The summed E-state index contributed by atoms with van der Waals surface area (Å²) in [7, 11) is 1.70. The summed E-state index contributed by atoms with van der Waals surface area (Å²) in [5.74, 6) is 0.967. The molecular formula is C13H26N6O. The molecule has 7 nitrogen and oxygen atoms in total. The second-order valence-corrected chi connectivity index (χ2v) is 5.15. The first kappa shape index (κ1) is 15.3. The number of hydrogen-bond donors (Lipinski definition) is 0. The predicted octanol–water partition coefficient (Wildman–Crippen LogP) is 0.408. The molecule has 0 aliphatic carbocycles. The van der Waals surface area contributed by atoms with Crippen LogP contribution in [0, 0.1) is 0 Å². The van der Waals surface area contributed by atoms with Crippen LogP contribution in [0.2, 0.25) is 0 Å².